The number of amides is 1. The number of carbonyl (C=O) groups excluding carboxylic acids is 1. The third-order valence-electron chi connectivity index (χ3n) is 4.06. The Hall–Kier alpha value is -2.15. The second-order valence-electron chi connectivity index (χ2n) is 6.41. The van der Waals surface area contributed by atoms with E-state index in [0.29, 0.717) is 5.56 Å². The number of anilines is 1. The summed E-state index contributed by atoms with van der Waals surface area (Å²) < 4.78 is 46.6. The van der Waals surface area contributed by atoms with Gasteiger partial charge in [-0.1, -0.05) is 6.07 Å². The highest BCUT2D eigenvalue weighted by molar-refractivity contribution is 6.17. The summed E-state index contributed by atoms with van der Waals surface area (Å²) in [6.45, 7) is 0.755. The molecule has 1 N–H and O–H groups in total. The number of nitrogens with one attached hydrogen (secondary N) is 1. The number of ether oxygens (including phenoxy) is 1. The van der Waals surface area contributed by atoms with Gasteiger partial charge in [-0.2, -0.15) is 13.9 Å². The highest BCUT2D eigenvalue weighted by Crippen LogP contribution is 2.41. The standard InChI is InChI=1S/C18H20ClF2N3O2/c1-10(2)24-9-14(16(23-24)11-3-4-11)17(25)22-13-6-5-12(8-19)15(7-13)26-18(20)21/h5-7,9-11,18H,3-4,8H2,1-2H3,(H,22,25)/i8D2. The van der Waals surface area contributed by atoms with Gasteiger partial charge < -0.3 is 10.1 Å². The SMILES string of the molecule is [2H]C([2H])(Cl)c1ccc(NC(=O)c2cn(C(C)C)nc2C2CC2)cc1OC(F)F. The average molecular weight is 386 g/mol. The summed E-state index contributed by atoms with van der Waals surface area (Å²) in [4.78, 5) is 12.8. The van der Waals surface area contributed by atoms with E-state index in [2.05, 4.69) is 15.2 Å². The molecule has 26 heavy (non-hydrogen) atoms. The predicted octanol–water partition coefficient (Wildman–Crippen LogP) is 4.93. The van der Waals surface area contributed by atoms with Gasteiger partial charge in [-0.3, -0.25) is 9.48 Å². The molecule has 0 bridgehead atoms. The molecule has 2 aromatic rings. The fraction of sp³-hybridized carbons (Fsp3) is 0.444. The summed E-state index contributed by atoms with van der Waals surface area (Å²) >= 11 is 5.61. The van der Waals surface area contributed by atoms with Gasteiger partial charge in [-0.05, 0) is 32.8 Å². The van der Waals surface area contributed by atoms with Crippen LogP contribution in [0.15, 0.2) is 24.4 Å². The van der Waals surface area contributed by atoms with E-state index in [4.69, 9.17) is 14.3 Å². The van der Waals surface area contributed by atoms with Crippen molar-refractivity contribution in [2.75, 3.05) is 5.32 Å². The minimum absolute atomic E-state index is 0.0929. The van der Waals surface area contributed by atoms with Crippen LogP contribution in [-0.4, -0.2) is 22.3 Å². The van der Waals surface area contributed by atoms with Gasteiger partial charge in [0, 0.05) is 38.2 Å². The monoisotopic (exact) mass is 385 g/mol. The van der Waals surface area contributed by atoms with Gasteiger partial charge in [0.2, 0.25) is 0 Å². The van der Waals surface area contributed by atoms with Crippen LogP contribution in [0.4, 0.5) is 14.5 Å². The maximum Gasteiger partial charge on any atom is 0.387 e. The highest BCUT2D eigenvalue weighted by Gasteiger charge is 2.32. The molecule has 140 valence electrons. The van der Waals surface area contributed by atoms with Crippen molar-refractivity contribution in [2.45, 2.75) is 51.1 Å². The third-order valence-corrected chi connectivity index (χ3v) is 4.26. The Bertz CT molecular complexity index is 880. The number of hydrogen-bond acceptors (Lipinski definition) is 3. The quantitative estimate of drug-likeness (QED) is 0.687. The summed E-state index contributed by atoms with van der Waals surface area (Å²) in [7, 11) is 0. The lowest BCUT2D eigenvalue weighted by Gasteiger charge is -2.12. The van der Waals surface area contributed by atoms with Crippen LogP contribution in [0.5, 0.6) is 5.75 Å². The summed E-state index contributed by atoms with van der Waals surface area (Å²) in [5.74, 6) is -3.00. The molecule has 1 amide bonds. The molecule has 0 radical (unpaired) electrons. The molecule has 0 spiro atoms. The van der Waals surface area contributed by atoms with Crippen LogP contribution in [0.3, 0.4) is 0 Å². The molecule has 1 aromatic carbocycles. The minimum atomic E-state index is -3.16. The predicted molar refractivity (Wildman–Crippen MR) is 95.2 cm³/mol. The molecule has 1 heterocycles. The van der Waals surface area contributed by atoms with Crippen molar-refractivity contribution in [1.29, 1.82) is 0 Å². The van der Waals surface area contributed by atoms with E-state index in [-0.39, 0.29) is 23.2 Å². The molecule has 1 aromatic heterocycles. The Morgan fingerprint density at radius 3 is 2.81 bits per heavy atom. The highest BCUT2D eigenvalue weighted by atomic mass is 35.5. The summed E-state index contributed by atoms with van der Waals surface area (Å²) in [6, 6.07) is 3.81. The molecule has 8 heteroatoms. The topological polar surface area (TPSA) is 56.2 Å². The lowest BCUT2D eigenvalue weighted by molar-refractivity contribution is -0.0502. The number of carbonyl (C=O) groups is 1. The van der Waals surface area contributed by atoms with Crippen LogP contribution in [0.1, 0.15) is 63.0 Å². The molecule has 3 rings (SSSR count). The molecule has 0 aliphatic heterocycles. The zero-order valence-electron chi connectivity index (χ0n) is 16.3. The Labute approximate surface area is 158 Å². The first-order valence-electron chi connectivity index (χ1n) is 9.25. The molecule has 1 saturated carbocycles. The van der Waals surface area contributed by atoms with Crippen LogP contribution in [-0.2, 0) is 5.83 Å². The van der Waals surface area contributed by atoms with Crippen LogP contribution in [0, 0.1) is 0 Å². The van der Waals surface area contributed by atoms with Crippen LogP contribution >= 0.6 is 11.6 Å². The normalized spacial score (nSPS) is 15.8. The van der Waals surface area contributed by atoms with Crippen LogP contribution in [0.2, 0.25) is 0 Å². The zero-order valence-corrected chi connectivity index (χ0v) is 15.1. The van der Waals surface area contributed by atoms with Crippen molar-refractivity contribution in [3.05, 3.63) is 41.2 Å². The summed E-state index contributed by atoms with van der Waals surface area (Å²) in [6.07, 6.45) is 3.62. The fourth-order valence-corrected chi connectivity index (χ4v) is 2.73. The van der Waals surface area contributed by atoms with Gasteiger partial charge in [0.1, 0.15) is 5.75 Å². The van der Waals surface area contributed by atoms with Crippen LogP contribution in [0.25, 0.3) is 0 Å². The van der Waals surface area contributed by atoms with Gasteiger partial charge >= 0.3 is 6.61 Å². The van der Waals surface area contributed by atoms with Crippen molar-refractivity contribution in [3.63, 3.8) is 0 Å². The third kappa shape index (κ3) is 4.15. The fourth-order valence-electron chi connectivity index (χ4n) is 2.57. The molecule has 1 aliphatic carbocycles. The first kappa shape index (κ1) is 16.1. The Morgan fingerprint density at radius 2 is 2.23 bits per heavy atom. The second kappa shape index (κ2) is 7.61. The van der Waals surface area contributed by atoms with Gasteiger partial charge in [-0.15, -0.1) is 11.6 Å². The van der Waals surface area contributed by atoms with Crippen molar-refractivity contribution in [3.8, 4) is 5.75 Å². The molecule has 1 fully saturated rings. The van der Waals surface area contributed by atoms with E-state index in [0.717, 1.165) is 24.6 Å². The number of nitrogens with zero attached hydrogens (tertiary/aromatic N) is 2. The van der Waals surface area contributed by atoms with Crippen molar-refractivity contribution < 1.29 is 21.1 Å². The molecule has 0 unspecified atom stereocenters. The summed E-state index contributed by atoms with van der Waals surface area (Å²) in [5, 5.41) is 7.15. The maximum atomic E-state index is 12.8. The molecule has 1 aliphatic rings. The van der Waals surface area contributed by atoms with E-state index in [1.165, 1.54) is 12.1 Å². The van der Waals surface area contributed by atoms with Gasteiger partial charge in [0.15, 0.2) is 0 Å². The van der Waals surface area contributed by atoms with Gasteiger partial charge in [-0.25, -0.2) is 0 Å². The Morgan fingerprint density at radius 1 is 1.50 bits per heavy atom. The minimum Gasteiger partial charge on any atom is -0.434 e. The largest absolute Gasteiger partial charge is 0.434 e. The number of alkyl halides is 3. The molecular weight excluding hydrogens is 364 g/mol. The van der Waals surface area contributed by atoms with Gasteiger partial charge in [0.25, 0.3) is 5.91 Å². The first-order chi connectivity index (χ1) is 13.1. The number of halogens is 3. The van der Waals surface area contributed by atoms with Crippen molar-refractivity contribution >= 4 is 23.2 Å². The summed E-state index contributed by atoms with van der Waals surface area (Å²) in [5.41, 5.74) is 1.09. The smallest absolute Gasteiger partial charge is 0.387 e. The van der Waals surface area contributed by atoms with Crippen LogP contribution < -0.4 is 10.1 Å². The molecule has 0 atom stereocenters. The first-order valence-corrected chi connectivity index (χ1v) is 8.62. The Balaban J connectivity index is 1.88. The number of benzene rings is 1. The number of rotatable bonds is 7. The average Bonchev–Trinajstić information content (AvgIpc) is 3.31. The molecule has 5 nitrogen and oxygen atoms in total. The maximum absolute atomic E-state index is 12.8. The second-order valence-corrected chi connectivity index (χ2v) is 6.60. The zero-order chi connectivity index (χ0) is 20.6. The lowest BCUT2D eigenvalue weighted by Crippen LogP contribution is -2.13. The van der Waals surface area contributed by atoms with E-state index in [1.54, 1.807) is 10.9 Å². The van der Waals surface area contributed by atoms with Crippen molar-refractivity contribution in [1.82, 2.24) is 9.78 Å². The number of aromatic nitrogens is 2. The van der Waals surface area contributed by atoms with Gasteiger partial charge in [0.05, 0.1) is 17.1 Å². The molecule has 0 saturated heterocycles. The van der Waals surface area contributed by atoms with E-state index < -0.39 is 24.1 Å². The molecular formula is C18H20ClF2N3O2. The van der Waals surface area contributed by atoms with E-state index in [9.17, 15) is 13.6 Å². The van der Waals surface area contributed by atoms with E-state index in [1.807, 2.05) is 13.8 Å². The van der Waals surface area contributed by atoms with Crippen molar-refractivity contribution in [2.24, 2.45) is 0 Å². The van der Waals surface area contributed by atoms with E-state index >= 15 is 0 Å². The lowest BCUT2D eigenvalue weighted by atomic mass is 10.1. The Kier molecular flexibility index (Phi) is 4.70. The number of hydrogen-bond donors (Lipinski definition) is 1.